The Hall–Kier alpha value is -2.46. The van der Waals surface area contributed by atoms with Crippen molar-refractivity contribution in [1.29, 1.82) is 0 Å². The predicted octanol–water partition coefficient (Wildman–Crippen LogP) is 4.74. The van der Waals surface area contributed by atoms with Crippen LogP contribution in [0.25, 0.3) is 10.9 Å². The fourth-order valence-corrected chi connectivity index (χ4v) is 4.21. The standard InChI is InChI=1S/C18H15F3N2O3S2/c1-2-28(26)23-14-6-4-3-5-11(14)9-15(23)17(25)22-13-10-12(7-8-16(13)24)27-18(19,20)21/h3-10,24H,2H2,1H3,(H,22,25). The molecule has 0 aliphatic heterocycles. The number of phenols is 1. The van der Waals surface area contributed by atoms with E-state index in [2.05, 4.69) is 5.32 Å². The average molecular weight is 428 g/mol. The van der Waals surface area contributed by atoms with E-state index < -0.39 is 22.4 Å². The van der Waals surface area contributed by atoms with Gasteiger partial charge in [-0.15, -0.1) is 0 Å². The molecule has 10 heteroatoms. The topological polar surface area (TPSA) is 71.3 Å². The number of nitrogens with zero attached hydrogens (tertiary/aromatic N) is 1. The Morgan fingerprint density at radius 3 is 2.61 bits per heavy atom. The highest BCUT2D eigenvalue weighted by molar-refractivity contribution is 8.00. The summed E-state index contributed by atoms with van der Waals surface area (Å²) in [6.07, 6.45) is 0. The third-order valence-corrected chi connectivity index (χ3v) is 5.82. The summed E-state index contributed by atoms with van der Waals surface area (Å²) < 4.78 is 51.6. The maximum absolute atomic E-state index is 12.8. The molecule has 0 spiro atoms. The van der Waals surface area contributed by atoms with Gasteiger partial charge in [0.25, 0.3) is 5.91 Å². The zero-order chi connectivity index (χ0) is 20.5. The number of halogens is 3. The molecule has 3 rings (SSSR count). The molecule has 0 radical (unpaired) electrons. The Kier molecular flexibility index (Phi) is 5.71. The number of phenolic OH excluding ortho intramolecular Hbond substituents is 1. The third-order valence-electron chi connectivity index (χ3n) is 3.80. The van der Waals surface area contributed by atoms with Crippen molar-refractivity contribution in [2.24, 2.45) is 0 Å². The molecule has 0 bridgehead atoms. The van der Waals surface area contributed by atoms with E-state index in [9.17, 15) is 27.3 Å². The minimum absolute atomic E-state index is 0.0784. The van der Waals surface area contributed by atoms with Crippen LogP contribution in [0.3, 0.4) is 0 Å². The molecule has 1 unspecified atom stereocenters. The Morgan fingerprint density at radius 1 is 1.21 bits per heavy atom. The summed E-state index contributed by atoms with van der Waals surface area (Å²) in [6.45, 7) is 1.70. The number of carbonyl (C=O) groups is 1. The highest BCUT2D eigenvalue weighted by atomic mass is 32.2. The average Bonchev–Trinajstić information content (AvgIpc) is 3.02. The van der Waals surface area contributed by atoms with Gasteiger partial charge in [0, 0.05) is 16.0 Å². The van der Waals surface area contributed by atoms with Crippen molar-refractivity contribution in [3.05, 3.63) is 54.2 Å². The van der Waals surface area contributed by atoms with Crippen molar-refractivity contribution in [3.63, 3.8) is 0 Å². The van der Waals surface area contributed by atoms with Gasteiger partial charge in [0.05, 0.1) is 11.2 Å². The van der Waals surface area contributed by atoms with E-state index in [0.29, 0.717) is 10.9 Å². The fourth-order valence-electron chi connectivity index (χ4n) is 2.64. The number of rotatable bonds is 5. The number of para-hydroxylation sites is 1. The fraction of sp³-hybridized carbons (Fsp3) is 0.167. The minimum Gasteiger partial charge on any atom is -0.506 e. The van der Waals surface area contributed by atoms with Crippen molar-refractivity contribution in [2.75, 3.05) is 11.1 Å². The third kappa shape index (κ3) is 4.33. The quantitative estimate of drug-likeness (QED) is 0.455. The molecule has 0 aliphatic carbocycles. The van der Waals surface area contributed by atoms with Crippen molar-refractivity contribution >= 4 is 45.2 Å². The highest BCUT2D eigenvalue weighted by Crippen LogP contribution is 2.39. The first kappa shape index (κ1) is 20.3. The molecule has 0 aliphatic rings. The van der Waals surface area contributed by atoms with Gasteiger partial charge in [0.1, 0.15) is 22.4 Å². The Bertz CT molecular complexity index is 1060. The lowest BCUT2D eigenvalue weighted by atomic mass is 10.2. The molecule has 28 heavy (non-hydrogen) atoms. The maximum Gasteiger partial charge on any atom is 0.446 e. The van der Waals surface area contributed by atoms with Crippen LogP contribution in [0.1, 0.15) is 17.4 Å². The van der Waals surface area contributed by atoms with E-state index in [1.807, 2.05) is 0 Å². The predicted molar refractivity (Wildman–Crippen MR) is 104 cm³/mol. The van der Waals surface area contributed by atoms with E-state index in [4.69, 9.17) is 0 Å². The maximum atomic E-state index is 12.8. The largest absolute Gasteiger partial charge is 0.506 e. The molecule has 0 saturated carbocycles. The van der Waals surface area contributed by atoms with Gasteiger partial charge in [-0.2, -0.15) is 13.2 Å². The van der Waals surface area contributed by atoms with Crippen molar-refractivity contribution in [1.82, 2.24) is 3.97 Å². The number of carbonyl (C=O) groups excluding carboxylic acids is 1. The molecule has 2 N–H and O–H groups in total. The molecule has 0 saturated heterocycles. The monoisotopic (exact) mass is 428 g/mol. The van der Waals surface area contributed by atoms with Crippen LogP contribution >= 0.6 is 11.8 Å². The van der Waals surface area contributed by atoms with E-state index in [1.165, 1.54) is 3.97 Å². The van der Waals surface area contributed by atoms with Crippen molar-refractivity contribution in [3.8, 4) is 5.75 Å². The molecule has 1 amide bonds. The van der Waals surface area contributed by atoms with Crippen LogP contribution in [-0.4, -0.2) is 30.5 Å². The lowest BCUT2D eigenvalue weighted by Gasteiger charge is -2.12. The molecule has 148 valence electrons. The summed E-state index contributed by atoms with van der Waals surface area (Å²) >= 11 is -0.354. The first-order valence-corrected chi connectivity index (χ1v) is 10.2. The summed E-state index contributed by atoms with van der Waals surface area (Å²) in [5.41, 5.74) is -3.99. The molecule has 3 aromatic rings. The summed E-state index contributed by atoms with van der Waals surface area (Å²) in [6, 6.07) is 11.8. The Labute approximate surface area is 165 Å². The number of hydrogen-bond donors (Lipinski definition) is 2. The number of fused-ring (bicyclic) bond motifs is 1. The number of hydrogen-bond acceptors (Lipinski definition) is 4. The van der Waals surface area contributed by atoms with Gasteiger partial charge >= 0.3 is 5.51 Å². The van der Waals surface area contributed by atoms with Gasteiger partial charge < -0.3 is 10.4 Å². The second-order valence-corrected chi connectivity index (χ2v) is 8.40. The zero-order valence-electron chi connectivity index (χ0n) is 14.5. The summed E-state index contributed by atoms with van der Waals surface area (Å²) in [5.74, 6) is -0.802. The summed E-state index contributed by atoms with van der Waals surface area (Å²) in [7, 11) is -1.51. The van der Waals surface area contributed by atoms with Crippen LogP contribution < -0.4 is 5.32 Å². The highest BCUT2D eigenvalue weighted by Gasteiger charge is 2.29. The van der Waals surface area contributed by atoms with Gasteiger partial charge in [-0.25, -0.2) is 4.21 Å². The Balaban J connectivity index is 1.98. The van der Waals surface area contributed by atoms with E-state index in [1.54, 1.807) is 37.3 Å². The number of aromatic hydroxyl groups is 1. The molecular weight excluding hydrogens is 413 g/mol. The van der Waals surface area contributed by atoms with Gasteiger partial charge in [-0.3, -0.25) is 8.77 Å². The van der Waals surface area contributed by atoms with Crippen LogP contribution in [0.5, 0.6) is 5.75 Å². The first-order valence-electron chi connectivity index (χ1n) is 8.09. The summed E-state index contributed by atoms with van der Waals surface area (Å²) in [4.78, 5) is 12.6. The second kappa shape index (κ2) is 7.88. The normalized spacial score (nSPS) is 12.9. The SMILES string of the molecule is CCS(=O)n1c(C(=O)Nc2cc(SC(F)(F)F)ccc2O)cc2ccccc21. The number of anilines is 1. The molecule has 1 aromatic heterocycles. The molecular formula is C18H15F3N2O3S2. The molecule has 0 fully saturated rings. The van der Waals surface area contributed by atoms with Gasteiger partial charge in [0.15, 0.2) is 0 Å². The van der Waals surface area contributed by atoms with Crippen molar-refractivity contribution < 1.29 is 27.3 Å². The van der Waals surface area contributed by atoms with Crippen LogP contribution in [0.2, 0.25) is 0 Å². The second-order valence-electron chi connectivity index (χ2n) is 5.67. The van der Waals surface area contributed by atoms with Crippen molar-refractivity contribution in [2.45, 2.75) is 17.3 Å². The molecule has 1 heterocycles. The first-order chi connectivity index (χ1) is 13.2. The number of nitrogens with one attached hydrogen (secondary N) is 1. The zero-order valence-corrected chi connectivity index (χ0v) is 16.1. The number of aromatic nitrogens is 1. The Morgan fingerprint density at radius 2 is 1.93 bits per heavy atom. The van der Waals surface area contributed by atoms with Crippen LogP contribution in [0, 0.1) is 0 Å². The molecule has 5 nitrogen and oxygen atoms in total. The van der Waals surface area contributed by atoms with Gasteiger partial charge in [0.2, 0.25) is 0 Å². The lowest BCUT2D eigenvalue weighted by Crippen LogP contribution is -2.19. The van der Waals surface area contributed by atoms with Gasteiger partial charge in [-0.1, -0.05) is 25.1 Å². The molecule has 1 atom stereocenters. The van der Waals surface area contributed by atoms with E-state index in [0.717, 1.165) is 18.2 Å². The number of benzene rings is 2. The van der Waals surface area contributed by atoms with Gasteiger partial charge in [-0.05, 0) is 42.1 Å². The number of alkyl halides is 3. The number of thioether (sulfide) groups is 1. The van der Waals surface area contributed by atoms with Crippen LogP contribution in [0.4, 0.5) is 18.9 Å². The van der Waals surface area contributed by atoms with E-state index >= 15 is 0 Å². The van der Waals surface area contributed by atoms with E-state index in [-0.39, 0.29) is 39.5 Å². The lowest BCUT2D eigenvalue weighted by molar-refractivity contribution is -0.0328. The van der Waals surface area contributed by atoms with Crippen LogP contribution in [-0.2, 0) is 11.0 Å². The van der Waals surface area contributed by atoms with Crippen LogP contribution in [0.15, 0.2) is 53.4 Å². The molecule has 2 aromatic carbocycles. The number of amides is 1. The minimum atomic E-state index is -4.50. The smallest absolute Gasteiger partial charge is 0.446 e. The summed E-state index contributed by atoms with van der Waals surface area (Å²) in [5, 5.41) is 13.0.